The molecule has 0 amide bonds. The van der Waals surface area contributed by atoms with Gasteiger partial charge in [0, 0.05) is 22.9 Å². The van der Waals surface area contributed by atoms with E-state index < -0.39 is 11.4 Å². The Labute approximate surface area is 124 Å². The Morgan fingerprint density at radius 2 is 1.68 bits per heavy atom. The van der Waals surface area contributed by atoms with Crippen molar-refractivity contribution < 1.29 is 9.50 Å². The van der Waals surface area contributed by atoms with Crippen LogP contribution in [0.25, 0.3) is 0 Å². The molecule has 1 aliphatic carbocycles. The number of benzene rings is 2. The molecule has 0 unspecified atom stereocenters. The Hall–Kier alpha value is -0.900. The summed E-state index contributed by atoms with van der Waals surface area (Å²) in [5.41, 5.74) is 1.17. The maximum atomic E-state index is 14.3. The quantitative estimate of drug-likeness (QED) is 0.770. The Kier molecular flexibility index (Phi) is 3.16. The summed E-state index contributed by atoms with van der Waals surface area (Å²) in [5.74, 6) is -0.550. The first-order valence-electron chi connectivity index (χ1n) is 5.94. The normalized spacial score (nSPS) is 16.4. The molecule has 0 radical (unpaired) electrons. The molecule has 0 atom stereocenters. The molecule has 0 aromatic heterocycles. The summed E-state index contributed by atoms with van der Waals surface area (Å²) in [4.78, 5) is 0. The monoisotopic (exact) mass is 340 g/mol. The lowest BCUT2D eigenvalue weighted by Crippen LogP contribution is -2.27. The van der Waals surface area contributed by atoms with Gasteiger partial charge in [-0.15, -0.1) is 0 Å². The van der Waals surface area contributed by atoms with E-state index in [2.05, 4.69) is 15.9 Å². The van der Waals surface area contributed by atoms with Crippen molar-refractivity contribution in [2.45, 2.75) is 18.4 Å². The summed E-state index contributed by atoms with van der Waals surface area (Å²) in [6, 6.07) is 11.0. The number of aliphatic hydroxyl groups is 1. The minimum absolute atomic E-state index is 0.0156. The van der Waals surface area contributed by atoms with E-state index in [9.17, 15) is 9.50 Å². The van der Waals surface area contributed by atoms with Crippen molar-refractivity contribution in [2.24, 2.45) is 0 Å². The fraction of sp³-hybridized carbons (Fsp3) is 0.200. The van der Waals surface area contributed by atoms with Crippen LogP contribution in [0.1, 0.15) is 16.7 Å². The Balaban J connectivity index is 2.07. The van der Waals surface area contributed by atoms with Crippen LogP contribution in [0, 0.1) is 5.82 Å². The molecule has 1 nitrogen and oxygen atoms in total. The Bertz CT molecular complexity index is 632. The van der Waals surface area contributed by atoms with Crippen molar-refractivity contribution in [2.75, 3.05) is 0 Å². The molecule has 0 spiro atoms. The molecule has 2 aromatic carbocycles. The van der Waals surface area contributed by atoms with E-state index >= 15 is 0 Å². The molecule has 1 N–H and O–H groups in total. The van der Waals surface area contributed by atoms with Gasteiger partial charge in [0.2, 0.25) is 0 Å². The molecule has 0 bridgehead atoms. The average molecular weight is 342 g/mol. The highest BCUT2D eigenvalue weighted by molar-refractivity contribution is 9.10. The van der Waals surface area contributed by atoms with Crippen LogP contribution < -0.4 is 0 Å². The van der Waals surface area contributed by atoms with Crippen molar-refractivity contribution in [1.29, 1.82) is 0 Å². The first-order chi connectivity index (χ1) is 9.01. The second kappa shape index (κ2) is 4.58. The highest BCUT2D eigenvalue weighted by Gasteiger charge is 2.39. The third kappa shape index (κ3) is 2.10. The maximum Gasteiger partial charge on any atom is 0.149 e. The lowest BCUT2D eigenvalue weighted by Gasteiger charge is -2.24. The summed E-state index contributed by atoms with van der Waals surface area (Å²) in [6.45, 7) is 0. The molecule has 0 aliphatic heterocycles. The van der Waals surface area contributed by atoms with Gasteiger partial charge in [0.25, 0.3) is 0 Å². The summed E-state index contributed by atoms with van der Waals surface area (Å²) < 4.78 is 14.8. The number of rotatable bonds is 1. The molecule has 1 aliphatic rings. The molecule has 0 fully saturated rings. The summed E-state index contributed by atoms with van der Waals surface area (Å²) in [7, 11) is 0. The molecule has 0 heterocycles. The minimum Gasteiger partial charge on any atom is -0.384 e. The lowest BCUT2D eigenvalue weighted by molar-refractivity contribution is 0.0445. The third-order valence-corrected chi connectivity index (χ3v) is 4.88. The van der Waals surface area contributed by atoms with Gasteiger partial charge in [0.15, 0.2) is 0 Å². The van der Waals surface area contributed by atoms with Crippen LogP contribution >= 0.6 is 27.5 Å². The van der Waals surface area contributed by atoms with Gasteiger partial charge in [-0.05, 0) is 33.1 Å². The fourth-order valence-electron chi connectivity index (χ4n) is 2.67. The predicted octanol–water partition coefficient (Wildman–Crippen LogP) is 4.23. The van der Waals surface area contributed by atoms with Gasteiger partial charge in [-0.1, -0.05) is 41.9 Å². The maximum absolute atomic E-state index is 14.3. The summed E-state index contributed by atoms with van der Waals surface area (Å²) >= 11 is 9.08. The molecular weight excluding hydrogens is 331 g/mol. The third-order valence-electron chi connectivity index (χ3n) is 3.62. The predicted molar refractivity (Wildman–Crippen MR) is 76.9 cm³/mol. The van der Waals surface area contributed by atoms with Crippen LogP contribution in [-0.2, 0) is 18.4 Å². The van der Waals surface area contributed by atoms with E-state index in [1.807, 2.05) is 24.3 Å². The zero-order valence-corrected chi connectivity index (χ0v) is 12.3. The van der Waals surface area contributed by atoms with Gasteiger partial charge in [-0.25, -0.2) is 4.39 Å². The summed E-state index contributed by atoms with van der Waals surface area (Å²) in [6.07, 6.45) is 0.829. The zero-order chi connectivity index (χ0) is 13.6. The largest absolute Gasteiger partial charge is 0.384 e. The molecule has 4 heteroatoms. The van der Waals surface area contributed by atoms with E-state index in [1.165, 1.54) is 0 Å². The highest BCUT2D eigenvalue weighted by Crippen LogP contribution is 2.41. The number of hydrogen-bond donors (Lipinski definition) is 1. The van der Waals surface area contributed by atoms with Crippen LogP contribution in [0.5, 0.6) is 0 Å². The highest BCUT2D eigenvalue weighted by atomic mass is 79.9. The van der Waals surface area contributed by atoms with Gasteiger partial charge in [0.05, 0.1) is 5.02 Å². The van der Waals surface area contributed by atoms with Crippen LogP contribution in [-0.4, -0.2) is 5.11 Å². The van der Waals surface area contributed by atoms with Crippen LogP contribution in [0.3, 0.4) is 0 Å². The van der Waals surface area contributed by atoms with E-state index in [-0.39, 0.29) is 10.6 Å². The van der Waals surface area contributed by atoms with Gasteiger partial charge >= 0.3 is 0 Å². The first kappa shape index (κ1) is 13.1. The second-order valence-corrected chi connectivity index (χ2v) is 6.11. The van der Waals surface area contributed by atoms with Crippen molar-refractivity contribution in [3.63, 3.8) is 0 Å². The minimum atomic E-state index is -1.21. The van der Waals surface area contributed by atoms with Crippen LogP contribution in [0.4, 0.5) is 4.39 Å². The molecule has 19 heavy (non-hydrogen) atoms. The van der Waals surface area contributed by atoms with E-state index in [1.54, 1.807) is 12.1 Å². The van der Waals surface area contributed by atoms with E-state index in [0.717, 1.165) is 11.1 Å². The van der Waals surface area contributed by atoms with Gasteiger partial charge < -0.3 is 5.11 Å². The molecule has 0 saturated heterocycles. The van der Waals surface area contributed by atoms with Crippen molar-refractivity contribution in [1.82, 2.24) is 0 Å². The number of hydrogen-bond acceptors (Lipinski definition) is 1. The lowest BCUT2D eigenvalue weighted by atomic mass is 9.90. The number of fused-ring (bicyclic) bond motifs is 1. The van der Waals surface area contributed by atoms with Gasteiger partial charge in [-0.2, -0.15) is 0 Å². The molecule has 2 aromatic rings. The zero-order valence-electron chi connectivity index (χ0n) is 9.96. The van der Waals surface area contributed by atoms with Crippen molar-refractivity contribution in [3.05, 3.63) is 68.4 Å². The molecule has 3 rings (SSSR count). The Morgan fingerprint density at radius 1 is 1.11 bits per heavy atom. The Morgan fingerprint density at radius 3 is 2.26 bits per heavy atom. The topological polar surface area (TPSA) is 20.2 Å². The fourth-order valence-corrected chi connectivity index (χ4v) is 3.14. The van der Waals surface area contributed by atoms with Crippen LogP contribution in [0.15, 0.2) is 40.9 Å². The summed E-state index contributed by atoms with van der Waals surface area (Å²) in [5, 5.41) is 10.8. The average Bonchev–Trinajstić information content (AvgIpc) is 2.73. The smallest absolute Gasteiger partial charge is 0.149 e. The molecule has 0 saturated carbocycles. The van der Waals surface area contributed by atoms with Crippen LogP contribution in [0.2, 0.25) is 5.02 Å². The SMILES string of the molecule is OC1(c2ccc(Br)c(Cl)c2F)Cc2ccccc2C1. The van der Waals surface area contributed by atoms with Crippen molar-refractivity contribution >= 4 is 27.5 Å². The first-order valence-corrected chi connectivity index (χ1v) is 7.11. The second-order valence-electron chi connectivity index (χ2n) is 4.88. The van der Waals surface area contributed by atoms with Gasteiger partial charge in [-0.3, -0.25) is 0 Å². The van der Waals surface area contributed by atoms with E-state index in [0.29, 0.717) is 17.3 Å². The van der Waals surface area contributed by atoms with Gasteiger partial charge in [0.1, 0.15) is 11.4 Å². The number of halogens is 3. The molecular formula is C15H11BrClFO. The molecule has 98 valence electrons. The standard InChI is InChI=1S/C15H11BrClFO/c16-12-6-5-11(14(18)13(12)17)15(19)7-9-3-1-2-4-10(9)8-15/h1-6,19H,7-8H2. The van der Waals surface area contributed by atoms with E-state index in [4.69, 9.17) is 11.6 Å². The van der Waals surface area contributed by atoms with Crippen molar-refractivity contribution in [3.8, 4) is 0 Å².